The fourth-order valence-corrected chi connectivity index (χ4v) is 4.92. The zero-order valence-electron chi connectivity index (χ0n) is 19.0. The maximum atomic E-state index is 13.0. The van der Waals surface area contributed by atoms with E-state index < -0.39 is 10.0 Å². The lowest BCUT2D eigenvalue weighted by atomic mass is 9.87. The summed E-state index contributed by atoms with van der Waals surface area (Å²) in [5.74, 6) is 0.716. The second-order valence-corrected chi connectivity index (χ2v) is 11.2. The van der Waals surface area contributed by atoms with E-state index in [-0.39, 0.29) is 16.9 Å². The van der Waals surface area contributed by atoms with E-state index in [1.807, 2.05) is 30.3 Å². The summed E-state index contributed by atoms with van der Waals surface area (Å²) >= 11 is 0. The first-order valence-corrected chi connectivity index (χ1v) is 12.2. The SMILES string of the molecule is CN(Cc1nc2ccccc2n1Cc1ccc(C(C)(C)C)cc1)S(=O)(=O)c1ccccc1. The lowest BCUT2D eigenvalue weighted by Gasteiger charge is -2.20. The molecule has 0 unspecified atom stereocenters. The molecule has 3 aromatic carbocycles. The number of aromatic nitrogens is 2. The summed E-state index contributed by atoms with van der Waals surface area (Å²) in [5, 5.41) is 0. The molecule has 0 bridgehead atoms. The van der Waals surface area contributed by atoms with Crippen LogP contribution < -0.4 is 0 Å². The molecule has 5 nitrogen and oxygen atoms in total. The smallest absolute Gasteiger partial charge is 0.243 e. The summed E-state index contributed by atoms with van der Waals surface area (Å²) in [7, 11) is -2.00. The van der Waals surface area contributed by atoms with Gasteiger partial charge in [0.2, 0.25) is 10.0 Å². The van der Waals surface area contributed by atoms with Gasteiger partial charge in [-0.05, 0) is 40.8 Å². The lowest BCUT2D eigenvalue weighted by Crippen LogP contribution is -2.28. The molecule has 0 N–H and O–H groups in total. The van der Waals surface area contributed by atoms with Gasteiger partial charge < -0.3 is 4.57 Å². The van der Waals surface area contributed by atoms with E-state index >= 15 is 0 Å². The van der Waals surface area contributed by atoms with Gasteiger partial charge in [0.1, 0.15) is 5.82 Å². The number of sulfonamides is 1. The first-order valence-electron chi connectivity index (χ1n) is 10.7. The molecule has 0 saturated heterocycles. The van der Waals surface area contributed by atoms with Gasteiger partial charge in [-0.15, -0.1) is 0 Å². The maximum absolute atomic E-state index is 13.0. The van der Waals surface area contributed by atoms with Crippen LogP contribution in [0.3, 0.4) is 0 Å². The van der Waals surface area contributed by atoms with Crippen molar-refractivity contribution in [3.05, 3.63) is 95.8 Å². The summed E-state index contributed by atoms with van der Waals surface area (Å²) in [6.07, 6.45) is 0. The fourth-order valence-electron chi connectivity index (χ4n) is 3.77. The van der Waals surface area contributed by atoms with Crippen molar-refractivity contribution in [3.63, 3.8) is 0 Å². The average Bonchev–Trinajstić information content (AvgIpc) is 3.11. The first kappa shape index (κ1) is 22.2. The number of nitrogens with zero attached hydrogens (tertiary/aromatic N) is 3. The van der Waals surface area contributed by atoms with Crippen LogP contribution in [0.4, 0.5) is 0 Å². The number of rotatable bonds is 6. The Hall–Kier alpha value is -2.96. The molecule has 0 amide bonds. The van der Waals surface area contributed by atoms with Gasteiger partial charge >= 0.3 is 0 Å². The number of para-hydroxylation sites is 2. The molecule has 0 fully saturated rings. The second kappa shape index (κ2) is 8.52. The Bertz CT molecular complexity index is 1320. The van der Waals surface area contributed by atoms with Crippen LogP contribution in [-0.4, -0.2) is 29.3 Å². The van der Waals surface area contributed by atoms with Crippen molar-refractivity contribution >= 4 is 21.1 Å². The second-order valence-electron chi connectivity index (χ2n) is 9.12. The van der Waals surface area contributed by atoms with E-state index in [0.717, 1.165) is 16.6 Å². The third-order valence-electron chi connectivity index (χ3n) is 5.71. The van der Waals surface area contributed by atoms with E-state index in [1.165, 1.54) is 9.87 Å². The Kier molecular flexibility index (Phi) is 5.93. The monoisotopic (exact) mass is 447 g/mol. The highest BCUT2D eigenvalue weighted by atomic mass is 32.2. The van der Waals surface area contributed by atoms with Crippen molar-refractivity contribution in [1.82, 2.24) is 13.9 Å². The highest BCUT2D eigenvalue weighted by Gasteiger charge is 2.23. The Morgan fingerprint density at radius 3 is 2.16 bits per heavy atom. The minimum atomic E-state index is -3.61. The molecule has 32 heavy (non-hydrogen) atoms. The molecule has 166 valence electrons. The summed E-state index contributed by atoms with van der Waals surface area (Å²) in [5.41, 5.74) is 4.38. The van der Waals surface area contributed by atoms with E-state index in [9.17, 15) is 8.42 Å². The highest BCUT2D eigenvalue weighted by molar-refractivity contribution is 7.89. The number of hydrogen-bond acceptors (Lipinski definition) is 3. The number of imidazole rings is 1. The molecule has 4 aromatic rings. The highest BCUT2D eigenvalue weighted by Crippen LogP contribution is 2.24. The zero-order valence-corrected chi connectivity index (χ0v) is 19.8. The van der Waals surface area contributed by atoms with Crippen LogP contribution in [0.2, 0.25) is 0 Å². The third-order valence-corrected chi connectivity index (χ3v) is 7.53. The third kappa shape index (κ3) is 4.47. The normalized spacial score (nSPS) is 12.5. The van der Waals surface area contributed by atoms with Gasteiger partial charge in [-0.3, -0.25) is 0 Å². The maximum Gasteiger partial charge on any atom is 0.243 e. The topological polar surface area (TPSA) is 55.2 Å². The minimum Gasteiger partial charge on any atom is -0.322 e. The van der Waals surface area contributed by atoms with Gasteiger partial charge in [0.15, 0.2) is 0 Å². The molecule has 1 heterocycles. The quantitative estimate of drug-likeness (QED) is 0.408. The molecule has 0 atom stereocenters. The Morgan fingerprint density at radius 2 is 1.50 bits per heavy atom. The molecular weight excluding hydrogens is 418 g/mol. The van der Waals surface area contributed by atoms with Crippen molar-refractivity contribution in [2.24, 2.45) is 0 Å². The van der Waals surface area contributed by atoms with Gasteiger partial charge in [0.05, 0.1) is 22.5 Å². The molecule has 1 aromatic heterocycles. The number of hydrogen-bond donors (Lipinski definition) is 0. The summed E-state index contributed by atoms with van der Waals surface area (Å²) in [4.78, 5) is 5.05. The number of benzene rings is 3. The summed E-state index contributed by atoms with van der Waals surface area (Å²) < 4.78 is 29.6. The zero-order chi connectivity index (χ0) is 22.9. The van der Waals surface area contributed by atoms with Crippen LogP contribution in [0.25, 0.3) is 11.0 Å². The molecule has 0 aliphatic rings. The molecule has 0 aliphatic carbocycles. The van der Waals surface area contributed by atoms with Crippen LogP contribution >= 0.6 is 0 Å². The molecule has 6 heteroatoms. The predicted octanol–water partition coefficient (Wildman–Crippen LogP) is 5.20. The molecule has 0 radical (unpaired) electrons. The van der Waals surface area contributed by atoms with Gasteiger partial charge in [-0.2, -0.15) is 4.31 Å². The Morgan fingerprint density at radius 1 is 0.875 bits per heavy atom. The Labute approximate surface area is 190 Å². The molecule has 0 spiro atoms. The van der Waals surface area contributed by atoms with Crippen molar-refractivity contribution in [3.8, 4) is 0 Å². The van der Waals surface area contributed by atoms with Crippen molar-refractivity contribution < 1.29 is 8.42 Å². The van der Waals surface area contributed by atoms with Gasteiger partial charge in [0.25, 0.3) is 0 Å². The lowest BCUT2D eigenvalue weighted by molar-refractivity contribution is 0.450. The minimum absolute atomic E-state index is 0.0971. The molecule has 4 rings (SSSR count). The summed E-state index contributed by atoms with van der Waals surface area (Å²) in [6.45, 7) is 7.41. The van der Waals surface area contributed by atoms with Crippen molar-refractivity contribution in [2.75, 3.05) is 7.05 Å². The van der Waals surface area contributed by atoms with E-state index in [4.69, 9.17) is 4.98 Å². The van der Waals surface area contributed by atoms with E-state index in [2.05, 4.69) is 49.6 Å². The molecule has 0 saturated carbocycles. The predicted molar refractivity (Wildman–Crippen MR) is 129 cm³/mol. The van der Waals surface area contributed by atoms with Crippen LogP contribution in [0.15, 0.2) is 83.8 Å². The van der Waals surface area contributed by atoms with Crippen molar-refractivity contribution in [1.29, 1.82) is 0 Å². The Balaban J connectivity index is 1.68. The van der Waals surface area contributed by atoms with Gasteiger partial charge in [0, 0.05) is 13.6 Å². The van der Waals surface area contributed by atoms with Crippen LogP contribution in [0, 0.1) is 0 Å². The van der Waals surface area contributed by atoms with Gasteiger partial charge in [-0.1, -0.05) is 75.4 Å². The van der Waals surface area contributed by atoms with Crippen LogP contribution in [0.1, 0.15) is 37.7 Å². The number of fused-ring (bicyclic) bond motifs is 1. The largest absolute Gasteiger partial charge is 0.322 e. The average molecular weight is 448 g/mol. The van der Waals surface area contributed by atoms with Crippen molar-refractivity contribution in [2.45, 2.75) is 44.2 Å². The molecular formula is C26H29N3O2S. The van der Waals surface area contributed by atoms with E-state index in [1.54, 1.807) is 31.3 Å². The van der Waals surface area contributed by atoms with Gasteiger partial charge in [-0.25, -0.2) is 13.4 Å². The first-order chi connectivity index (χ1) is 15.2. The standard InChI is InChI=1S/C26H29N3O2S/c1-26(2,3)21-16-14-20(15-17-21)18-29-24-13-9-8-12-23(24)27-25(29)19-28(4)32(30,31)22-10-6-5-7-11-22/h5-17H,18-19H2,1-4H3. The molecule has 0 aliphatic heterocycles. The van der Waals surface area contributed by atoms with Crippen LogP contribution in [0.5, 0.6) is 0 Å². The summed E-state index contributed by atoms with van der Waals surface area (Å²) in [6, 6.07) is 25.1. The fraction of sp³-hybridized carbons (Fsp3) is 0.269. The van der Waals surface area contributed by atoms with E-state index in [0.29, 0.717) is 12.4 Å². The van der Waals surface area contributed by atoms with Crippen LogP contribution in [-0.2, 0) is 28.5 Å².